The third kappa shape index (κ3) is 5.64. The van der Waals surface area contributed by atoms with Crippen LogP contribution in [0.15, 0.2) is 54.1 Å². The zero-order chi connectivity index (χ0) is 28.4. The molecule has 5 atom stereocenters. The number of nitrogens with one attached hydrogen (secondary N) is 1. The van der Waals surface area contributed by atoms with Crippen molar-refractivity contribution in [2.75, 3.05) is 18.0 Å². The van der Waals surface area contributed by atoms with Gasteiger partial charge in [-0.05, 0) is 84.8 Å². The molecule has 2 saturated heterocycles. The highest BCUT2D eigenvalue weighted by molar-refractivity contribution is 7.16. The molecule has 1 unspecified atom stereocenters. The number of rotatable bonds is 6. The average Bonchev–Trinajstić information content (AvgIpc) is 3.48. The number of hydrogen-bond donors (Lipinski definition) is 4. The van der Waals surface area contributed by atoms with E-state index in [2.05, 4.69) is 46.6 Å². The Balaban J connectivity index is 1.34. The van der Waals surface area contributed by atoms with Crippen molar-refractivity contribution in [3.8, 4) is 16.5 Å². The Morgan fingerprint density at radius 3 is 2.50 bits per heavy atom. The van der Waals surface area contributed by atoms with Gasteiger partial charge in [0.05, 0.1) is 6.10 Å². The molecule has 8 nitrogen and oxygen atoms in total. The number of hydrogen-bond acceptors (Lipinski definition) is 8. The maximum absolute atomic E-state index is 13.0. The molecular weight excluding hydrogens is 526 g/mol. The summed E-state index contributed by atoms with van der Waals surface area (Å²) in [5.74, 6) is -0.751. The number of nitrogens with zero attached hydrogens (tertiary/aromatic N) is 2. The lowest BCUT2D eigenvalue weighted by Crippen LogP contribution is -2.63. The standard InChI is InChI=1S/C31H35N3O5S/c1-3-24-28(35)29(36)27(31(38)39-24)33-30(37)23(17-32)18(2)25-11-12-26(40-25)21-8-7-20-16-22(10-9-19(20)15-21)34-13-5-4-6-14-34/h7-12,15-16,24,27-29,31,35-36,38H,3-6,13-14H2,1-2H3,(H,33,37)/b23-18+/t24-,27-,28-,29-,31?/m1/s1. The first-order valence-electron chi connectivity index (χ1n) is 13.8. The Labute approximate surface area is 238 Å². The highest BCUT2D eigenvalue weighted by Crippen LogP contribution is 2.35. The first-order valence-corrected chi connectivity index (χ1v) is 14.6. The molecule has 40 heavy (non-hydrogen) atoms. The molecule has 1 aromatic heterocycles. The van der Waals surface area contributed by atoms with Crippen LogP contribution in [0.5, 0.6) is 0 Å². The van der Waals surface area contributed by atoms with Crippen LogP contribution >= 0.6 is 11.3 Å². The van der Waals surface area contributed by atoms with E-state index in [9.17, 15) is 25.4 Å². The Morgan fingerprint density at radius 2 is 1.77 bits per heavy atom. The molecule has 0 saturated carbocycles. The van der Waals surface area contributed by atoms with Gasteiger partial charge in [0.15, 0.2) is 6.29 Å². The van der Waals surface area contributed by atoms with Gasteiger partial charge in [-0.2, -0.15) is 5.26 Å². The molecule has 0 spiro atoms. The summed E-state index contributed by atoms with van der Waals surface area (Å²) in [7, 11) is 0. The quantitative estimate of drug-likeness (QED) is 0.263. The molecule has 5 rings (SSSR count). The topological polar surface area (TPSA) is 126 Å². The van der Waals surface area contributed by atoms with Crippen molar-refractivity contribution >= 4 is 39.3 Å². The molecular formula is C31H35N3O5S. The van der Waals surface area contributed by atoms with E-state index in [0.717, 1.165) is 33.8 Å². The van der Waals surface area contributed by atoms with E-state index in [0.29, 0.717) is 12.0 Å². The van der Waals surface area contributed by atoms with Crippen LogP contribution in [0.1, 0.15) is 44.4 Å². The summed E-state index contributed by atoms with van der Waals surface area (Å²) in [6.45, 7) is 5.66. The second-order valence-electron chi connectivity index (χ2n) is 10.5. The fourth-order valence-corrected chi connectivity index (χ4v) is 6.53. The van der Waals surface area contributed by atoms with Gasteiger partial charge in [0.2, 0.25) is 0 Å². The van der Waals surface area contributed by atoms with Crippen molar-refractivity contribution in [2.24, 2.45) is 0 Å². The second kappa shape index (κ2) is 12.1. The number of carbonyl (C=O) groups excluding carboxylic acids is 1. The highest BCUT2D eigenvalue weighted by atomic mass is 32.1. The van der Waals surface area contributed by atoms with Crippen LogP contribution in [0.25, 0.3) is 26.8 Å². The summed E-state index contributed by atoms with van der Waals surface area (Å²) in [5, 5.41) is 45.6. The summed E-state index contributed by atoms with van der Waals surface area (Å²) >= 11 is 1.48. The van der Waals surface area contributed by atoms with E-state index in [1.165, 1.54) is 41.7 Å². The molecule has 4 N–H and O–H groups in total. The van der Waals surface area contributed by atoms with Gasteiger partial charge >= 0.3 is 0 Å². The zero-order valence-corrected chi connectivity index (χ0v) is 23.5. The molecule has 3 heterocycles. The number of ether oxygens (including phenoxy) is 1. The summed E-state index contributed by atoms with van der Waals surface area (Å²) in [6.07, 6.45) is -0.800. The number of piperidine rings is 1. The van der Waals surface area contributed by atoms with Crippen molar-refractivity contribution in [1.29, 1.82) is 5.26 Å². The van der Waals surface area contributed by atoms with Crippen LogP contribution in [0.3, 0.4) is 0 Å². The van der Waals surface area contributed by atoms with Gasteiger partial charge < -0.3 is 30.3 Å². The number of amides is 1. The van der Waals surface area contributed by atoms with E-state index < -0.39 is 36.6 Å². The van der Waals surface area contributed by atoms with E-state index in [4.69, 9.17) is 4.74 Å². The third-order valence-corrected chi connectivity index (χ3v) is 9.19. The summed E-state index contributed by atoms with van der Waals surface area (Å²) in [5.41, 5.74) is 2.66. The predicted molar refractivity (Wildman–Crippen MR) is 157 cm³/mol. The lowest BCUT2D eigenvalue weighted by Gasteiger charge is -2.40. The smallest absolute Gasteiger partial charge is 0.262 e. The number of thiophene rings is 1. The lowest BCUT2D eigenvalue weighted by molar-refractivity contribution is -0.247. The number of fused-ring (bicyclic) bond motifs is 1. The number of carbonyl (C=O) groups is 1. The van der Waals surface area contributed by atoms with E-state index in [1.807, 2.05) is 18.2 Å². The first-order chi connectivity index (χ1) is 19.3. The van der Waals surface area contributed by atoms with E-state index >= 15 is 0 Å². The largest absolute Gasteiger partial charge is 0.388 e. The van der Waals surface area contributed by atoms with Crippen molar-refractivity contribution < 1.29 is 24.9 Å². The number of allylic oxidation sites excluding steroid dienone is 1. The molecule has 0 radical (unpaired) electrons. The summed E-state index contributed by atoms with van der Waals surface area (Å²) < 4.78 is 5.34. The van der Waals surface area contributed by atoms with Crippen LogP contribution in [-0.4, -0.2) is 65.0 Å². The van der Waals surface area contributed by atoms with Gasteiger partial charge in [0.25, 0.3) is 5.91 Å². The van der Waals surface area contributed by atoms with Crippen molar-refractivity contribution in [3.63, 3.8) is 0 Å². The Hall–Kier alpha value is -3.26. The molecule has 2 fully saturated rings. The maximum Gasteiger partial charge on any atom is 0.262 e. The van der Waals surface area contributed by atoms with Crippen LogP contribution in [0, 0.1) is 11.3 Å². The van der Waals surface area contributed by atoms with Gasteiger partial charge in [-0.1, -0.05) is 25.1 Å². The van der Waals surface area contributed by atoms with Gasteiger partial charge in [0.1, 0.15) is 29.9 Å². The van der Waals surface area contributed by atoms with Crippen LogP contribution in [0.4, 0.5) is 5.69 Å². The fourth-order valence-electron chi connectivity index (χ4n) is 5.52. The normalized spacial score (nSPS) is 25.8. The first kappa shape index (κ1) is 28.3. The number of aliphatic hydroxyl groups is 3. The zero-order valence-electron chi connectivity index (χ0n) is 22.7. The van der Waals surface area contributed by atoms with Gasteiger partial charge in [-0.3, -0.25) is 4.79 Å². The molecule has 0 bridgehead atoms. The SMILES string of the molecule is CC[C@H]1OC(O)[C@H](NC(=O)/C(C#N)=C(\C)c2ccc(-c3ccc4cc(N5CCCCC5)ccc4c3)s2)[C@@H](O)[C@@H]1O. The van der Waals surface area contributed by atoms with Crippen molar-refractivity contribution in [1.82, 2.24) is 5.32 Å². The summed E-state index contributed by atoms with van der Waals surface area (Å²) in [4.78, 5) is 17.2. The molecule has 0 aliphatic carbocycles. The minimum atomic E-state index is -1.51. The monoisotopic (exact) mass is 561 g/mol. The average molecular weight is 562 g/mol. The lowest BCUT2D eigenvalue weighted by atomic mass is 9.95. The number of anilines is 1. The van der Waals surface area contributed by atoms with Gasteiger partial charge in [-0.15, -0.1) is 11.3 Å². The number of benzene rings is 2. The molecule has 3 aromatic rings. The number of aliphatic hydroxyl groups excluding tert-OH is 3. The van der Waals surface area contributed by atoms with Crippen LogP contribution in [0.2, 0.25) is 0 Å². The Kier molecular flexibility index (Phi) is 8.54. The molecule has 1 amide bonds. The Morgan fingerprint density at radius 1 is 1.05 bits per heavy atom. The molecule has 2 aromatic carbocycles. The van der Waals surface area contributed by atoms with Gasteiger partial charge in [-0.25, -0.2) is 0 Å². The second-order valence-corrected chi connectivity index (χ2v) is 11.6. The van der Waals surface area contributed by atoms with Crippen molar-refractivity contribution in [2.45, 2.75) is 70.2 Å². The van der Waals surface area contributed by atoms with Crippen LogP contribution < -0.4 is 10.2 Å². The Bertz CT molecular complexity index is 1450. The van der Waals surface area contributed by atoms with Crippen molar-refractivity contribution in [3.05, 3.63) is 59.0 Å². The minimum absolute atomic E-state index is 0.136. The summed E-state index contributed by atoms with van der Waals surface area (Å²) in [6, 6.07) is 17.5. The molecule has 210 valence electrons. The minimum Gasteiger partial charge on any atom is -0.388 e. The maximum atomic E-state index is 13.0. The predicted octanol–water partition coefficient (Wildman–Crippen LogP) is 4.19. The number of nitriles is 1. The highest BCUT2D eigenvalue weighted by Gasteiger charge is 2.44. The third-order valence-electron chi connectivity index (χ3n) is 7.94. The van der Waals surface area contributed by atoms with E-state index in [-0.39, 0.29) is 5.57 Å². The van der Waals surface area contributed by atoms with Crippen LogP contribution in [-0.2, 0) is 9.53 Å². The fraction of sp³-hybridized carbons (Fsp3) is 0.419. The molecule has 9 heteroatoms. The van der Waals surface area contributed by atoms with Gasteiger partial charge in [0, 0.05) is 28.5 Å². The molecule has 2 aliphatic rings. The van der Waals surface area contributed by atoms with E-state index in [1.54, 1.807) is 13.8 Å². The molecule has 2 aliphatic heterocycles.